The maximum absolute atomic E-state index is 12.8. The molecule has 31 heavy (non-hydrogen) atoms. The summed E-state index contributed by atoms with van der Waals surface area (Å²) in [5, 5.41) is -0.513. The van der Waals surface area contributed by atoms with Gasteiger partial charge in [-0.15, -0.1) is 0 Å². The van der Waals surface area contributed by atoms with Crippen molar-refractivity contribution in [1.82, 2.24) is 9.21 Å². The lowest BCUT2D eigenvalue weighted by Gasteiger charge is -2.32. The average Bonchev–Trinajstić information content (AvgIpc) is 2.80. The van der Waals surface area contributed by atoms with Gasteiger partial charge in [0.2, 0.25) is 10.0 Å². The molecular formula is C22H28N2O5S2. The number of nitrogens with zero attached hydrogens (tertiary/aromatic N) is 2. The highest BCUT2D eigenvalue weighted by Gasteiger charge is 2.33. The van der Waals surface area contributed by atoms with E-state index in [0.717, 1.165) is 0 Å². The van der Waals surface area contributed by atoms with Crippen molar-refractivity contribution in [2.75, 3.05) is 26.2 Å². The van der Waals surface area contributed by atoms with Gasteiger partial charge in [-0.1, -0.05) is 32.0 Å². The normalized spacial score (nSPS) is 15.9. The second-order valence-electron chi connectivity index (χ2n) is 7.46. The van der Waals surface area contributed by atoms with Gasteiger partial charge in [-0.25, -0.2) is 16.8 Å². The average molecular weight is 465 g/mol. The molecule has 1 heterocycles. The summed E-state index contributed by atoms with van der Waals surface area (Å²) in [5.74, 6) is -0.220. The molecule has 0 spiro atoms. The van der Waals surface area contributed by atoms with E-state index in [1.54, 1.807) is 49.1 Å². The van der Waals surface area contributed by atoms with Gasteiger partial charge in [0.05, 0.1) is 15.0 Å². The Morgan fingerprint density at radius 2 is 1.42 bits per heavy atom. The summed E-state index contributed by atoms with van der Waals surface area (Å²) in [7, 11) is -7.00. The fourth-order valence-electron chi connectivity index (χ4n) is 3.84. The second kappa shape index (κ2) is 9.50. The number of piperidine rings is 1. The minimum atomic E-state index is -3.58. The molecule has 0 bridgehead atoms. The molecule has 7 nitrogen and oxygen atoms in total. The van der Waals surface area contributed by atoms with Crippen molar-refractivity contribution in [3.05, 3.63) is 60.2 Å². The standard InChI is InChI=1S/C22H28N2O5S2/c1-3-24(4-2)31(28,29)21-12-10-18(11-13-21)22(25)23-16-14-20(15-17-23)30(26,27)19-8-6-5-7-9-19/h5-13,20H,3-4,14-17H2,1-2H3. The molecule has 3 rings (SSSR count). The maximum Gasteiger partial charge on any atom is 0.253 e. The second-order valence-corrected chi connectivity index (χ2v) is 11.6. The highest BCUT2D eigenvalue weighted by molar-refractivity contribution is 7.92. The fraction of sp³-hybridized carbons (Fsp3) is 0.409. The quantitative estimate of drug-likeness (QED) is 0.628. The summed E-state index contributed by atoms with van der Waals surface area (Å²) in [4.78, 5) is 14.9. The lowest BCUT2D eigenvalue weighted by atomic mass is 10.1. The number of sulfone groups is 1. The van der Waals surface area contributed by atoms with Crippen LogP contribution in [0.4, 0.5) is 0 Å². The highest BCUT2D eigenvalue weighted by atomic mass is 32.2. The van der Waals surface area contributed by atoms with Crippen molar-refractivity contribution in [1.29, 1.82) is 0 Å². The predicted octanol–water partition coefficient (Wildman–Crippen LogP) is 2.80. The largest absolute Gasteiger partial charge is 0.339 e. The van der Waals surface area contributed by atoms with Crippen molar-refractivity contribution in [3.8, 4) is 0 Å². The van der Waals surface area contributed by atoms with Gasteiger partial charge in [-0.2, -0.15) is 4.31 Å². The Labute approximate surface area is 184 Å². The van der Waals surface area contributed by atoms with Crippen LogP contribution >= 0.6 is 0 Å². The molecule has 0 radical (unpaired) electrons. The Morgan fingerprint density at radius 1 is 0.871 bits per heavy atom. The zero-order valence-electron chi connectivity index (χ0n) is 17.8. The molecule has 0 N–H and O–H groups in total. The highest BCUT2D eigenvalue weighted by Crippen LogP contribution is 2.25. The smallest absolute Gasteiger partial charge is 0.253 e. The summed E-state index contributed by atoms with van der Waals surface area (Å²) in [6.45, 7) is 4.99. The topological polar surface area (TPSA) is 91.8 Å². The molecule has 0 atom stereocenters. The molecule has 9 heteroatoms. The first-order chi connectivity index (χ1) is 14.7. The lowest BCUT2D eigenvalue weighted by molar-refractivity contribution is 0.0725. The first-order valence-corrected chi connectivity index (χ1v) is 13.4. The molecule has 1 fully saturated rings. The number of benzene rings is 2. The van der Waals surface area contributed by atoms with Crippen molar-refractivity contribution in [2.45, 2.75) is 41.7 Å². The van der Waals surface area contributed by atoms with E-state index < -0.39 is 25.1 Å². The van der Waals surface area contributed by atoms with Crippen molar-refractivity contribution in [2.24, 2.45) is 0 Å². The zero-order chi connectivity index (χ0) is 22.6. The van der Waals surface area contributed by atoms with Crippen LogP contribution in [0.1, 0.15) is 37.0 Å². The van der Waals surface area contributed by atoms with Crippen molar-refractivity contribution in [3.63, 3.8) is 0 Å². The SMILES string of the molecule is CCN(CC)S(=O)(=O)c1ccc(C(=O)N2CCC(S(=O)(=O)c3ccccc3)CC2)cc1. The van der Waals surface area contributed by atoms with E-state index in [4.69, 9.17) is 0 Å². The maximum atomic E-state index is 12.8. The van der Waals surface area contributed by atoms with Crippen LogP contribution in [0.25, 0.3) is 0 Å². The molecule has 2 aromatic carbocycles. The van der Waals surface area contributed by atoms with E-state index in [1.807, 2.05) is 0 Å². The lowest BCUT2D eigenvalue weighted by Crippen LogP contribution is -2.42. The number of rotatable bonds is 7. The Kier molecular flexibility index (Phi) is 7.18. The van der Waals surface area contributed by atoms with E-state index >= 15 is 0 Å². The van der Waals surface area contributed by atoms with Crippen LogP contribution in [0.2, 0.25) is 0 Å². The van der Waals surface area contributed by atoms with Crippen LogP contribution < -0.4 is 0 Å². The number of carbonyl (C=O) groups excluding carboxylic acids is 1. The number of likely N-dealkylation sites (tertiary alicyclic amines) is 1. The van der Waals surface area contributed by atoms with Crippen LogP contribution in [0.5, 0.6) is 0 Å². The summed E-state index contributed by atoms with van der Waals surface area (Å²) >= 11 is 0. The minimum absolute atomic E-state index is 0.153. The number of sulfonamides is 1. The Bertz CT molecular complexity index is 1100. The number of carbonyl (C=O) groups is 1. The Hall–Kier alpha value is -2.23. The van der Waals surface area contributed by atoms with E-state index in [0.29, 0.717) is 49.5 Å². The number of amides is 1. The van der Waals surface area contributed by atoms with Crippen molar-refractivity contribution < 1.29 is 21.6 Å². The molecule has 2 aromatic rings. The van der Waals surface area contributed by atoms with Crippen LogP contribution in [0.15, 0.2) is 64.4 Å². The summed E-state index contributed by atoms with van der Waals surface area (Å²) < 4.78 is 52.2. The van der Waals surface area contributed by atoms with Gasteiger partial charge < -0.3 is 4.90 Å². The third kappa shape index (κ3) is 4.83. The third-order valence-corrected chi connectivity index (χ3v) is 10.0. The van der Waals surface area contributed by atoms with Crippen LogP contribution in [0, 0.1) is 0 Å². The molecular weight excluding hydrogens is 436 g/mol. The van der Waals surface area contributed by atoms with Gasteiger partial charge in [-0.05, 0) is 49.2 Å². The van der Waals surface area contributed by atoms with E-state index in [1.165, 1.54) is 28.6 Å². The first kappa shape index (κ1) is 23.4. The molecule has 168 valence electrons. The van der Waals surface area contributed by atoms with Gasteiger partial charge >= 0.3 is 0 Å². The van der Waals surface area contributed by atoms with E-state index in [-0.39, 0.29) is 10.8 Å². The number of hydrogen-bond acceptors (Lipinski definition) is 5. The van der Waals surface area contributed by atoms with Crippen LogP contribution in [-0.2, 0) is 19.9 Å². The predicted molar refractivity (Wildman–Crippen MR) is 119 cm³/mol. The molecule has 1 aliphatic rings. The molecule has 1 aliphatic heterocycles. The molecule has 1 amide bonds. The summed E-state index contributed by atoms with van der Waals surface area (Å²) in [5.41, 5.74) is 0.392. The first-order valence-electron chi connectivity index (χ1n) is 10.4. The monoisotopic (exact) mass is 464 g/mol. The fourth-order valence-corrected chi connectivity index (χ4v) is 7.05. The molecule has 0 saturated carbocycles. The molecule has 0 aliphatic carbocycles. The van der Waals surface area contributed by atoms with Gasteiger partial charge in [0.15, 0.2) is 9.84 Å². The minimum Gasteiger partial charge on any atom is -0.339 e. The van der Waals surface area contributed by atoms with Gasteiger partial charge in [0.1, 0.15) is 0 Å². The third-order valence-electron chi connectivity index (χ3n) is 5.68. The number of hydrogen-bond donors (Lipinski definition) is 0. The van der Waals surface area contributed by atoms with Gasteiger partial charge in [-0.3, -0.25) is 4.79 Å². The van der Waals surface area contributed by atoms with E-state index in [2.05, 4.69) is 0 Å². The summed E-state index contributed by atoms with van der Waals surface area (Å²) in [6.07, 6.45) is 0.745. The Morgan fingerprint density at radius 3 is 1.94 bits per heavy atom. The molecule has 0 aromatic heterocycles. The van der Waals surface area contributed by atoms with Crippen LogP contribution in [-0.4, -0.2) is 63.4 Å². The van der Waals surface area contributed by atoms with Gasteiger partial charge in [0.25, 0.3) is 5.91 Å². The van der Waals surface area contributed by atoms with E-state index in [9.17, 15) is 21.6 Å². The summed E-state index contributed by atoms with van der Waals surface area (Å²) in [6, 6.07) is 14.3. The van der Waals surface area contributed by atoms with Crippen molar-refractivity contribution >= 4 is 25.8 Å². The van der Waals surface area contributed by atoms with Gasteiger partial charge in [0, 0.05) is 31.7 Å². The molecule has 0 unspecified atom stereocenters. The zero-order valence-corrected chi connectivity index (χ0v) is 19.4. The molecule has 1 saturated heterocycles. The Balaban J connectivity index is 1.67. The van der Waals surface area contributed by atoms with Crippen LogP contribution in [0.3, 0.4) is 0 Å².